The van der Waals surface area contributed by atoms with Crippen molar-refractivity contribution in [2.45, 2.75) is 145 Å². The van der Waals surface area contributed by atoms with Crippen molar-refractivity contribution in [1.29, 1.82) is 0 Å². The lowest BCUT2D eigenvalue weighted by Gasteiger charge is -2.40. The van der Waals surface area contributed by atoms with E-state index in [0.717, 1.165) is 74.3 Å². The molecule has 5 atom stereocenters. The second-order valence-corrected chi connectivity index (χ2v) is 16.9. The van der Waals surface area contributed by atoms with Gasteiger partial charge in [-0.2, -0.15) is 4.72 Å². The number of methoxy groups -OCH3 is 2. The topological polar surface area (TPSA) is 195 Å². The molecule has 57 heavy (non-hydrogen) atoms. The number of aryl methyl sites for hydroxylation is 2. The van der Waals surface area contributed by atoms with Gasteiger partial charge in [-0.25, -0.2) is 17.6 Å². The Labute approximate surface area is 333 Å². The fourth-order valence-electron chi connectivity index (χ4n) is 7.69. The largest absolute Gasteiger partial charge is 0.355 e. The summed E-state index contributed by atoms with van der Waals surface area (Å²) in [6.07, 6.45) is 8.74. The summed E-state index contributed by atoms with van der Waals surface area (Å²) in [5, 5.41) is 4.83. The van der Waals surface area contributed by atoms with Crippen molar-refractivity contribution >= 4 is 21.8 Å². The molecule has 2 saturated carbocycles. The Morgan fingerprint density at radius 3 is 2.33 bits per heavy atom. The highest BCUT2D eigenvalue weighted by Crippen LogP contribution is 2.40. The van der Waals surface area contributed by atoms with E-state index in [4.69, 9.17) is 23.7 Å². The number of ether oxygens (including phenoxy) is 5. The first-order chi connectivity index (χ1) is 27.3. The van der Waals surface area contributed by atoms with Crippen molar-refractivity contribution in [3.05, 3.63) is 62.4 Å². The number of carbonyl (C=O) groups excluding carboxylic acids is 2. The summed E-state index contributed by atoms with van der Waals surface area (Å²) >= 11 is 0. The van der Waals surface area contributed by atoms with Crippen molar-refractivity contribution in [1.82, 2.24) is 24.5 Å². The van der Waals surface area contributed by atoms with E-state index in [2.05, 4.69) is 10.6 Å². The maximum absolute atomic E-state index is 13.9. The van der Waals surface area contributed by atoms with E-state index in [1.54, 1.807) is 40.2 Å². The number of carbonyl (C=O) groups is 2. The third-order valence-electron chi connectivity index (χ3n) is 10.9. The van der Waals surface area contributed by atoms with Gasteiger partial charge in [0.25, 0.3) is 5.56 Å². The molecule has 1 aliphatic heterocycles. The summed E-state index contributed by atoms with van der Waals surface area (Å²) in [4.78, 5) is 52.1. The number of sulfonamides is 1. The van der Waals surface area contributed by atoms with Gasteiger partial charge < -0.3 is 34.3 Å². The second-order valence-electron chi connectivity index (χ2n) is 15.1. The number of hydrogen-bond acceptors (Lipinski definition) is 11. The average molecular weight is 824 g/mol. The van der Waals surface area contributed by atoms with Crippen molar-refractivity contribution < 1.29 is 46.1 Å². The summed E-state index contributed by atoms with van der Waals surface area (Å²) in [6.45, 7) is 1.49. The highest BCUT2D eigenvalue weighted by Gasteiger charge is 2.48. The first kappa shape index (κ1) is 44.6. The van der Waals surface area contributed by atoms with Crippen LogP contribution in [0.15, 0.2) is 44.9 Å². The predicted octanol–water partition coefficient (Wildman–Crippen LogP) is 2.87. The maximum atomic E-state index is 13.9. The molecule has 0 bridgehead atoms. The standard InChI is InChI=1S/C39H58FN5O11S/c1-26-14-16-29(17-15-26)57(50,51)43-30(23-40)35(47)42-24-32(46)41-20-11-21-44-36(48)27(2)25-45(38(44)49)33-22-31(56-39(53-4)18-9-6-10-19-39)34(55-33)37(52-3)54-28-12-7-5-8-13-28/h14-17,25,28,30-31,33-34,37,43H,5-13,18-24H2,1-4H3,(H,41,46)(H,42,47)/t30?,31-,33+,34?,37?/m0/s1. The molecule has 2 amide bonds. The molecule has 1 saturated heterocycles. The zero-order valence-electron chi connectivity index (χ0n) is 33.3. The van der Waals surface area contributed by atoms with E-state index in [1.807, 2.05) is 4.72 Å². The first-order valence-electron chi connectivity index (χ1n) is 19.9. The fourth-order valence-corrected chi connectivity index (χ4v) is 8.87. The summed E-state index contributed by atoms with van der Waals surface area (Å²) in [6, 6.07) is 4.06. The number of nitrogens with zero attached hydrogens (tertiary/aromatic N) is 2. The molecule has 3 aliphatic rings. The zero-order chi connectivity index (χ0) is 41.2. The lowest BCUT2D eigenvalue weighted by molar-refractivity contribution is -0.291. The molecular formula is C39H58FN5O11S. The Morgan fingerprint density at radius 1 is 1.00 bits per heavy atom. The lowest BCUT2D eigenvalue weighted by Crippen LogP contribution is -2.50. The molecule has 1 aromatic carbocycles. The van der Waals surface area contributed by atoms with Gasteiger partial charge in [-0.05, 0) is 58.1 Å². The van der Waals surface area contributed by atoms with Crippen LogP contribution in [0.1, 0.15) is 94.4 Å². The number of aromatic nitrogens is 2. The Hall–Kier alpha value is -3.52. The van der Waals surface area contributed by atoms with E-state index in [1.165, 1.54) is 22.9 Å². The number of benzene rings is 1. The van der Waals surface area contributed by atoms with Crippen LogP contribution in [0.25, 0.3) is 0 Å². The number of alkyl halides is 1. The summed E-state index contributed by atoms with van der Waals surface area (Å²) in [5.74, 6) is -2.46. The highest BCUT2D eigenvalue weighted by molar-refractivity contribution is 7.89. The van der Waals surface area contributed by atoms with E-state index < -0.39 is 82.9 Å². The maximum Gasteiger partial charge on any atom is 0.333 e. The minimum atomic E-state index is -4.20. The van der Waals surface area contributed by atoms with Crippen molar-refractivity contribution in [3.63, 3.8) is 0 Å². The lowest BCUT2D eigenvalue weighted by atomic mass is 9.93. The van der Waals surface area contributed by atoms with Gasteiger partial charge in [0, 0.05) is 58.3 Å². The van der Waals surface area contributed by atoms with Crippen LogP contribution in [-0.4, -0.2) is 99.8 Å². The van der Waals surface area contributed by atoms with Crippen LogP contribution >= 0.6 is 0 Å². The van der Waals surface area contributed by atoms with Gasteiger partial charge in [0.1, 0.15) is 25.0 Å². The van der Waals surface area contributed by atoms with Crippen LogP contribution in [0.4, 0.5) is 4.39 Å². The number of rotatable bonds is 19. The van der Waals surface area contributed by atoms with Crippen LogP contribution in [0.2, 0.25) is 0 Å². The predicted molar refractivity (Wildman–Crippen MR) is 207 cm³/mol. The summed E-state index contributed by atoms with van der Waals surface area (Å²) in [5.41, 5.74) is 0.0495. The SMILES string of the molecule is COC(OC1CCCCC1)C1O[C@@H](n2cc(C)c(=O)n(CCCNC(=O)CNC(=O)C(CF)NS(=O)(=O)c3ccc(C)cc3)c2=O)C[C@@H]1OC1(OC)CCCCC1. The van der Waals surface area contributed by atoms with Gasteiger partial charge in [0.15, 0.2) is 12.1 Å². The molecule has 318 valence electrons. The van der Waals surface area contributed by atoms with Gasteiger partial charge in [-0.1, -0.05) is 43.4 Å². The number of halogens is 1. The zero-order valence-corrected chi connectivity index (χ0v) is 34.2. The monoisotopic (exact) mass is 823 g/mol. The van der Waals surface area contributed by atoms with Crippen LogP contribution < -0.4 is 26.6 Å². The van der Waals surface area contributed by atoms with Crippen LogP contribution in [-0.2, 0) is 49.8 Å². The third kappa shape index (κ3) is 11.6. The second kappa shape index (κ2) is 20.4. The van der Waals surface area contributed by atoms with Gasteiger partial charge >= 0.3 is 5.69 Å². The number of amides is 2. The van der Waals surface area contributed by atoms with E-state index in [0.29, 0.717) is 5.56 Å². The minimum absolute atomic E-state index is 0.0129. The number of nitrogens with one attached hydrogen (secondary N) is 3. The molecule has 18 heteroatoms. The minimum Gasteiger partial charge on any atom is -0.355 e. The van der Waals surface area contributed by atoms with E-state index in [9.17, 15) is 32.0 Å². The first-order valence-corrected chi connectivity index (χ1v) is 21.4. The van der Waals surface area contributed by atoms with Crippen molar-refractivity contribution in [2.75, 3.05) is 34.0 Å². The average Bonchev–Trinajstić information content (AvgIpc) is 3.62. The van der Waals surface area contributed by atoms with E-state index in [-0.39, 0.29) is 36.9 Å². The summed E-state index contributed by atoms with van der Waals surface area (Å²) in [7, 11) is -0.989. The molecule has 3 N–H and O–H groups in total. The Bertz CT molecular complexity index is 1880. The highest BCUT2D eigenvalue weighted by atomic mass is 32.2. The molecule has 2 aliphatic carbocycles. The van der Waals surface area contributed by atoms with Crippen LogP contribution in [0, 0.1) is 13.8 Å². The molecule has 2 heterocycles. The molecule has 2 aromatic rings. The molecule has 5 rings (SSSR count). The quantitative estimate of drug-likeness (QED) is 0.139. The molecule has 0 radical (unpaired) electrons. The molecule has 3 fully saturated rings. The Kier molecular flexibility index (Phi) is 16.0. The fraction of sp³-hybridized carbons (Fsp3) is 0.692. The van der Waals surface area contributed by atoms with Crippen LogP contribution in [0.3, 0.4) is 0 Å². The van der Waals surface area contributed by atoms with Gasteiger partial charge in [0.05, 0.1) is 23.6 Å². The van der Waals surface area contributed by atoms with E-state index >= 15 is 0 Å². The Morgan fingerprint density at radius 2 is 1.68 bits per heavy atom. The van der Waals surface area contributed by atoms with Gasteiger partial charge in [-0.3, -0.25) is 23.5 Å². The number of hydrogen-bond donors (Lipinski definition) is 3. The molecular weight excluding hydrogens is 766 g/mol. The Balaban J connectivity index is 1.20. The smallest absolute Gasteiger partial charge is 0.333 e. The van der Waals surface area contributed by atoms with Crippen LogP contribution in [0.5, 0.6) is 0 Å². The molecule has 16 nitrogen and oxygen atoms in total. The van der Waals surface area contributed by atoms with Crippen molar-refractivity contribution in [2.24, 2.45) is 0 Å². The summed E-state index contributed by atoms with van der Waals surface area (Å²) < 4.78 is 75.0. The normalized spacial score (nSPS) is 22.5. The molecule has 1 aromatic heterocycles. The third-order valence-corrected chi connectivity index (χ3v) is 12.4. The van der Waals surface area contributed by atoms with Gasteiger partial charge in [-0.15, -0.1) is 0 Å². The molecule has 3 unspecified atom stereocenters. The van der Waals surface area contributed by atoms with Crippen molar-refractivity contribution in [3.8, 4) is 0 Å². The van der Waals surface area contributed by atoms with Gasteiger partial charge in [0.2, 0.25) is 21.8 Å². The molecule has 0 spiro atoms.